The van der Waals surface area contributed by atoms with Crippen molar-refractivity contribution in [2.24, 2.45) is 0 Å². The lowest BCUT2D eigenvalue weighted by atomic mass is 10.1. The quantitative estimate of drug-likeness (QED) is 0.285. The summed E-state index contributed by atoms with van der Waals surface area (Å²) in [6.45, 7) is -0.296. The fourth-order valence-corrected chi connectivity index (χ4v) is 4.76. The molecule has 25 heavy (non-hydrogen) atoms. The van der Waals surface area contributed by atoms with Gasteiger partial charge in [0, 0.05) is 11.5 Å². The lowest BCUT2D eigenvalue weighted by Gasteiger charge is -2.16. The van der Waals surface area contributed by atoms with Gasteiger partial charge < -0.3 is 30.9 Å². The number of aromatic nitrogens is 4. The van der Waals surface area contributed by atoms with E-state index in [1.54, 1.807) is 0 Å². The van der Waals surface area contributed by atoms with Crippen LogP contribution in [-0.2, 0) is 4.74 Å². The summed E-state index contributed by atoms with van der Waals surface area (Å²) in [5, 5.41) is 38.6. The fourth-order valence-electron chi connectivity index (χ4n) is 2.45. The van der Waals surface area contributed by atoms with Crippen LogP contribution in [0.5, 0.6) is 0 Å². The van der Waals surface area contributed by atoms with Crippen molar-refractivity contribution in [2.75, 3.05) is 23.8 Å². The number of anilines is 1. The summed E-state index contributed by atoms with van der Waals surface area (Å²) in [5.41, 5.74) is 6.57. The molecule has 0 bridgehead atoms. The van der Waals surface area contributed by atoms with Crippen molar-refractivity contribution in [3.8, 4) is 0 Å². The monoisotopic (exact) mass is 389 g/mol. The molecule has 3 rings (SSSR count). The van der Waals surface area contributed by atoms with Gasteiger partial charge in [-0.05, 0) is 0 Å². The highest BCUT2D eigenvalue weighted by molar-refractivity contribution is 8.76. The first-order chi connectivity index (χ1) is 12.0. The second kappa shape index (κ2) is 8.03. The maximum Gasteiger partial charge on any atom is 0.167 e. The molecule has 6 N–H and O–H groups in total. The Hall–Kier alpha value is -1.15. The Bertz CT molecular complexity index is 719. The van der Waals surface area contributed by atoms with Crippen LogP contribution in [0.4, 0.5) is 5.82 Å². The zero-order chi connectivity index (χ0) is 18.0. The summed E-state index contributed by atoms with van der Waals surface area (Å²) in [4.78, 5) is 12.1. The van der Waals surface area contributed by atoms with Crippen LogP contribution in [0, 0.1) is 0 Å². The highest BCUT2D eigenvalue weighted by atomic mass is 33.1. The molecule has 138 valence electrons. The summed E-state index contributed by atoms with van der Waals surface area (Å²) in [6, 6.07) is 0. The van der Waals surface area contributed by atoms with Gasteiger partial charge in [0.15, 0.2) is 17.7 Å². The maximum absolute atomic E-state index is 10.3. The van der Waals surface area contributed by atoms with Gasteiger partial charge >= 0.3 is 0 Å². The first-order valence-electron chi connectivity index (χ1n) is 7.51. The number of nitrogen functional groups attached to an aromatic ring is 1. The van der Waals surface area contributed by atoms with Crippen molar-refractivity contribution in [2.45, 2.75) is 30.6 Å². The van der Waals surface area contributed by atoms with Gasteiger partial charge in [-0.2, -0.15) is 0 Å². The van der Waals surface area contributed by atoms with Gasteiger partial charge in [-0.3, -0.25) is 4.57 Å². The van der Waals surface area contributed by atoms with Gasteiger partial charge in [-0.1, -0.05) is 21.6 Å². The van der Waals surface area contributed by atoms with Crippen molar-refractivity contribution in [1.29, 1.82) is 0 Å². The van der Waals surface area contributed by atoms with Crippen LogP contribution < -0.4 is 5.73 Å². The molecule has 0 aliphatic carbocycles. The van der Waals surface area contributed by atoms with E-state index >= 15 is 0 Å². The average molecular weight is 389 g/mol. The molecule has 5 atom stereocenters. The Labute approximate surface area is 150 Å². The summed E-state index contributed by atoms with van der Waals surface area (Å²) in [6.07, 6.45) is -1.70. The minimum absolute atomic E-state index is 0.225. The Morgan fingerprint density at radius 1 is 1.24 bits per heavy atom. The third-order valence-corrected chi connectivity index (χ3v) is 6.25. The minimum Gasteiger partial charge on any atom is -0.394 e. The lowest BCUT2D eigenvalue weighted by Crippen LogP contribution is -2.32. The number of hydrogen-bond acceptors (Lipinski definition) is 11. The largest absolute Gasteiger partial charge is 0.394 e. The summed E-state index contributed by atoms with van der Waals surface area (Å²) in [5.74, 6) is 0.988. The first-order valence-corrected chi connectivity index (χ1v) is 9.99. The van der Waals surface area contributed by atoms with Crippen molar-refractivity contribution < 1.29 is 25.2 Å². The van der Waals surface area contributed by atoms with E-state index < -0.39 is 30.6 Å². The van der Waals surface area contributed by atoms with E-state index in [0.717, 1.165) is 0 Å². The molecule has 1 aliphatic rings. The number of aliphatic hydroxyl groups is 4. The van der Waals surface area contributed by atoms with E-state index in [4.69, 9.17) is 15.6 Å². The number of ether oxygens (including phenoxy) is 1. The number of rotatable bonds is 7. The maximum atomic E-state index is 10.3. The van der Waals surface area contributed by atoms with E-state index in [0.29, 0.717) is 22.7 Å². The van der Waals surface area contributed by atoms with Crippen LogP contribution in [-0.4, -0.2) is 82.5 Å². The molecule has 12 heteroatoms. The average Bonchev–Trinajstić information content (AvgIpc) is 3.15. The topological polar surface area (TPSA) is 160 Å². The van der Waals surface area contributed by atoms with Gasteiger partial charge in [0.1, 0.15) is 24.1 Å². The smallest absolute Gasteiger partial charge is 0.167 e. The normalized spacial score (nSPS) is 27.8. The van der Waals surface area contributed by atoms with E-state index in [1.165, 1.54) is 38.8 Å². The van der Waals surface area contributed by atoms with Crippen LogP contribution in [0.2, 0.25) is 0 Å². The van der Waals surface area contributed by atoms with Crippen molar-refractivity contribution in [3.05, 3.63) is 12.7 Å². The van der Waals surface area contributed by atoms with Crippen LogP contribution in [0.1, 0.15) is 6.23 Å². The molecule has 0 radical (unpaired) electrons. The SMILES string of the molecule is Nc1ncnc2c1ncn2[C@@H]1O[C@H](CSSCC(O)CO)[C@@H](O)[C@H]1O. The zero-order valence-electron chi connectivity index (χ0n) is 13.0. The predicted molar refractivity (Wildman–Crippen MR) is 93.7 cm³/mol. The number of hydrogen-bond donors (Lipinski definition) is 5. The van der Waals surface area contributed by atoms with Crippen LogP contribution >= 0.6 is 21.6 Å². The highest BCUT2D eigenvalue weighted by Crippen LogP contribution is 2.35. The lowest BCUT2D eigenvalue weighted by molar-refractivity contribution is -0.0288. The molecular formula is C13H19N5O5S2. The summed E-state index contributed by atoms with van der Waals surface area (Å²) < 4.78 is 7.31. The number of imidazole rings is 1. The number of nitrogens with two attached hydrogens (primary N) is 1. The van der Waals surface area contributed by atoms with Crippen LogP contribution in [0.15, 0.2) is 12.7 Å². The standard InChI is InChI=1S/C13H19N5O5S2/c14-11-8-12(16-4-15-11)18(5-17-8)13-10(22)9(21)7(23-13)3-25-24-2-6(20)1-19/h4-7,9-10,13,19-22H,1-3H2,(H2,14,15,16)/t6?,7-,9-,10-,13-/m1/s1. The van der Waals surface area contributed by atoms with Gasteiger partial charge in [0.25, 0.3) is 0 Å². The molecule has 10 nitrogen and oxygen atoms in total. The molecule has 1 unspecified atom stereocenters. The summed E-state index contributed by atoms with van der Waals surface area (Å²) >= 11 is 0. The van der Waals surface area contributed by atoms with Crippen molar-refractivity contribution in [1.82, 2.24) is 19.5 Å². The van der Waals surface area contributed by atoms with Gasteiger partial charge in [0.2, 0.25) is 0 Å². The molecule has 3 heterocycles. The van der Waals surface area contributed by atoms with Crippen molar-refractivity contribution >= 4 is 38.6 Å². The Morgan fingerprint density at radius 3 is 2.80 bits per heavy atom. The van der Waals surface area contributed by atoms with Crippen LogP contribution in [0.3, 0.4) is 0 Å². The van der Waals surface area contributed by atoms with E-state index in [9.17, 15) is 15.3 Å². The van der Waals surface area contributed by atoms with Gasteiger partial charge in [-0.15, -0.1) is 0 Å². The van der Waals surface area contributed by atoms with Gasteiger partial charge in [-0.25, -0.2) is 15.0 Å². The van der Waals surface area contributed by atoms with Gasteiger partial charge in [0.05, 0.1) is 25.1 Å². The molecule has 1 fully saturated rings. The second-order valence-electron chi connectivity index (χ2n) is 5.53. The first kappa shape index (κ1) is 18.6. The molecule has 2 aromatic heterocycles. The highest BCUT2D eigenvalue weighted by Gasteiger charge is 2.44. The molecule has 0 amide bonds. The molecule has 2 aromatic rings. The molecule has 0 aromatic carbocycles. The molecule has 1 aliphatic heterocycles. The molecule has 1 saturated heterocycles. The predicted octanol–water partition coefficient (Wildman–Crippen LogP) is -1.24. The van der Waals surface area contributed by atoms with E-state index in [2.05, 4.69) is 15.0 Å². The van der Waals surface area contributed by atoms with E-state index in [-0.39, 0.29) is 12.4 Å². The van der Waals surface area contributed by atoms with E-state index in [1.807, 2.05) is 0 Å². The zero-order valence-corrected chi connectivity index (χ0v) is 14.7. The third-order valence-electron chi connectivity index (χ3n) is 3.79. The Kier molecular flexibility index (Phi) is 5.99. The number of aliphatic hydroxyl groups excluding tert-OH is 4. The number of nitrogens with zero attached hydrogens (tertiary/aromatic N) is 4. The number of fused-ring (bicyclic) bond motifs is 1. The van der Waals surface area contributed by atoms with Crippen molar-refractivity contribution in [3.63, 3.8) is 0 Å². The summed E-state index contributed by atoms with van der Waals surface area (Å²) in [7, 11) is 2.74. The fraction of sp³-hybridized carbons (Fsp3) is 0.615. The molecule has 0 saturated carbocycles. The Balaban J connectivity index is 1.66. The second-order valence-corrected chi connectivity index (χ2v) is 8.09. The minimum atomic E-state index is -1.15. The van der Waals surface area contributed by atoms with Crippen LogP contribution in [0.25, 0.3) is 11.2 Å². The molecular weight excluding hydrogens is 370 g/mol. The Morgan fingerprint density at radius 2 is 2.04 bits per heavy atom. The molecule has 0 spiro atoms. The third kappa shape index (κ3) is 3.84.